The van der Waals surface area contributed by atoms with Crippen molar-refractivity contribution in [1.29, 1.82) is 0 Å². The molecule has 98 valence electrons. The molecule has 2 heterocycles. The van der Waals surface area contributed by atoms with E-state index in [0.717, 1.165) is 4.90 Å². The Balaban J connectivity index is 2.05. The zero-order chi connectivity index (χ0) is 12.6. The second kappa shape index (κ2) is 4.73. The van der Waals surface area contributed by atoms with Crippen LogP contribution in [0.15, 0.2) is 0 Å². The molecule has 2 aliphatic heterocycles. The minimum atomic E-state index is -1.77. The lowest BCUT2D eigenvalue weighted by Gasteiger charge is -2.34. The third-order valence-electron chi connectivity index (χ3n) is 2.98. The van der Waals surface area contributed by atoms with Crippen LogP contribution in [0.5, 0.6) is 0 Å². The average Bonchev–Trinajstić information content (AvgIpc) is 2.57. The predicted octanol–water partition coefficient (Wildman–Crippen LogP) is -1.86. The quantitative estimate of drug-likeness (QED) is 0.460. The summed E-state index contributed by atoms with van der Waals surface area (Å²) in [7, 11) is 0. The van der Waals surface area contributed by atoms with Crippen molar-refractivity contribution in [1.82, 2.24) is 10.2 Å². The first-order valence-electron chi connectivity index (χ1n) is 5.38. The van der Waals surface area contributed by atoms with E-state index in [9.17, 15) is 19.4 Å². The Labute approximate surface area is 96.8 Å². The van der Waals surface area contributed by atoms with Gasteiger partial charge in [0.15, 0.2) is 12.4 Å². The van der Waals surface area contributed by atoms with E-state index < -0.39 is 43.5 Å². The van der Waals surface area contributed by atoms with Gasteiger partial charge in [-0.1, -0.05) is 0 Å². The van der Waals surface area contributed by atoms with Gasteiger partial charge in [0.2, 0.25) is 0 Å². The maximum Gasteiger partial charge on any atom is 0.321 e. The minimum absolute atomic E-state index is 0.128. The van der Waals surface area contributed by atoms with Crippen LogP contribution in [0.2, 0.25) is 0 Å². The van der Waals surface area contributed by atoms with E-state index in [1.54, 1.807) is 0 Å². The topological polar surface area (TPSA) is 102 Å². The van der Waals surface area contributed by atoms with Gasteiger partial charge in [-0.25, -0.2) is 9.18 Å². The summed E-state index contributed by atoms with van der Waals surface area (Å²) in [6, 6.07) is -0.651. The number of ether oxygens (including phenoxy) is 1. The first-order valence-corrected chi connectivity index (χ1v) is 5.38. The normalized spacial score (nSPS) is 42.7. The molecule has 2 saturated heterocycles. The summed E-state index contributed by atoms with van der Waals surface area (Å²) >= 11 is 0. The molecule has 4 N–H and O–H groups in total. The molecule has 0 aromatic rings. The molecule has 0 spiro atoms. The Hall–Kier alpha value is -0.960. The van der Waals surface area contributed by atoms with Gasteiger partial charge in [-0.3, -0.25) is 4.90 Å². The van der Waals surface area contributed by atoms with Crippen LogP contribution >= 0.6 is 0 Å². The number of hydrogen-bond acceptors (Lipinski definition) is 5. The summed E-state index contributed by atoms with van der Waals surface area (Å²) in [5.74, 6) is 0. The van der Waals surface area contributed by atoms with Crippen LogP contribution < -0.4 is 5.32 Å². The maximum atomic E-state index is 13.7. The van der Waals surface area contributed by atoms with Crippen molar-refractivity contribution in [3.8, 4) is 0 Å². The second-order valence-electron chi connectivity index (χ2n) is 4.13. The van der Waals surface area contributed by atoms with Crippen molar-refractivity contribution in [2.75, 3.05) is 13.2 Å². The predicted molar refractivity (Wildman–Crippen MR) is 52.5 cm³/mol. The average molecular weight is 250 g/mol. The smallest absolute Gasteiger partial charge is 0.321 e. The number of alkyl halides is 1. The molecule has 2 fully saturated rings. The van der Waals surface area contributed by atoms with Crippen LogP contribution in [0.1, 0.15) is 6.42 Å². The number of hydrogen-bond donors (Lipinski definition) is 4. The standard InChI is InChI=1S/C9H15FN2O5/c10-6-7(15)4(3-13)17-8(6)12-2-1-5(14)11-9(12)16/h4-8,13-15H,1-3H2,(H,11,16)/t4-,5+,6?,7-,8-/m1/s1. The van der Waals surface area contributed by atoms with Crippen molar-refractivity contribution in [3.05, 3.63) is 0 Å². The molecule has 0 saturated carbocycles. The van der Waals surface area contributed by atoms with Crippen molar-refractivity contribution < 1.29 is 29.2 Å². The van der Waals surface area contributed by atoms with Gasteiger partial charge in [0.1, 0.15) is 18.4 Å². The van der Waals surface area contributed by atoms with Gasteiger partial charge in [0, 0.05) is 13.0 Å². The van der Waals surface area contributed by atoms with Crippen LogP contribution in [-0.4, -0.2) is 70.2 Å². The van der Waals surface area contributed by atoms with Crippen LogP contribution in [0, 0.1) is 0 Å². The molecule has 2 amide bonds. The van der Waals surface area contributed by atoms with Crippen molar-refractivity contribution in [2.24, 2.45) is 0 Å². The zero-order valence-corrected chi connectivity index (χ0v) is 8.99. The first kappa shape index (κ1) is 12.5. The number of nitrogens with zero attached hydrogens (tertiary/aromatic N) is 1. The number of rotatable bonds is 2. The molecule has 2 rings (SSSR count). The van der Waals surface area contributed by atoms with Crippen LogP contribution in [0.25, 0.3) is 0 Å². The Bertz CT molecular complexity index is 305. The largest absolute Gasteiger partial charge is 0.394 e. The molecule has 2 aliphatic rings. The summed E-state index contributed by atoms with van der Waals surface area (Å²) in [6.45, 7) is -0.390. The van der Waals surface area contributed by atoms with Gasteiger partial charge in [-0.15, -0.1) is 0 Å². The van der Waals surface area contributed by atoms with E-state index in [4.69, 9.17) is 9.84 Å². The number of aliphatic hydroxyl groups is 3. The first-order chi connectivity index (χ1) is 8.04. The summed E-state index contributed by atoms with van der Waals surface area (Å²) in [4.78, 5) is 12.6. The van der Waals surface area contributed by atoms with E-state index in [1.165, 1.54) is 0 Å². The lowest BCUT2D eigenvalue weighted by molar-refractivity contribution is -0.0804. The molecular formula is C9H15FN2O5. The molecule has 1 unspecified atom stereocenters. The number of amides is 2. The molecule has 0 aromatic heterocycles. The highest BCUT2D eigenvalue weighted by atomic mass is 19.1. The third kappa shape index (κ3) is 2.21. The Morgan fingerprint density at radius 2 is 2.24 bits per heavy atom. The lowest BCUT2D eigenvalue weighted by Crippen LogP contribution is -2.57. The van der Waals surface area contributed by atoms with Crippen LogP contribution in [0.3, 0.4) is 0 Å². The number of halogens is 1. The van der Waals surface area contributed by atoms with Crippen molar-refractivity contribution in [2.45, 2.75) is 37.3 Å². The van der Waals surface area contributed by atoms with E-state index in [-0.39, 0.29) is 13.0 Å². The highest BCUT2D eigenvalue weighted by Gasteiger charge is 2.48. The summed E-state index contributed by atoms with van der Waals surface area (Å²) in [6.07, 6.45) is -6.18. The zero-order valence-electron chi connectivity index (χ0n) is 8.99. The molecule has 0 radical (unpaired) electrons. The minimum Gasteiger partial charge on any atom is -0.394 e. The summed E-state index contributed by atoms with van der Waals surface area (Å²) in [5, 5.41) is 29.7. The number of nitrogens with one attached hydrogen (secondary N) is 1. The van der Waals surface area contributed by atoms with Crippen molar-refractivity contribution in [3.63, 3.8) is 0 Å². The van der Waals surface area contributed by atoms with E-state index in [2.05, 4.69) is 5.32 Å². The number of urea groups is 1. The fraction of sp³-hybridized carbons (Fsp3) is 0.889. The summed E-state index contributed by atoms with van der Waals surface area (Å²) < 4.78 is 18.8. The second-order valence-corrected chi connectivity index (χ2v) is 4.13. The third-order valence-corrected chi connectivity index (χ3v) is 2.98. The number of carbonyl (C=O) groups is 1. The highest BCUT2D eigenvalue weighted by molar-refractivity contribution is 5.75. The Morgan fingerprint density at radius 3 is 2.76 bits per heavy atom. The van der Waals surface area contributed by atoms with Gasteiger partial charge in [0.25, 0.3) is 0 Å². The van der Waals surface area contributed by atoms with E-state index in [1.807, 2.05) is 0 Å². The van der Waals surface area contributed by atoms with Gasteiger partial charge < -0.3 is 25.4 Å². The molecule has 0 aliphatic carbocycles. The van der Waals surface area contributed by atoms with E-state index in [0.29, 0.717) is 0 Å². The van der Waals surface area contributed by atoms with Gasteiger partial charge in [-0.05, 0) is 0 Å². The molecule has 8 heteroatoms. The molecule has 17 heavy (non-hydrogen) atoms. The number of aliphatic hydroxyl groups excluding tert-OH is 3. The fourth-order valence-electron chi connectivity index (χ4n) is 2.01. The highest BCUT2D eigenvalue weighted by Crippen LogP contribution is 2.27. The van der Waals surface area contributed by atoms with Gasteiger partial charge in [-0.2, -0.15) is 0 Å². The Morgan fingerprint density at radius 1 is 1.53 bits per heavy atom. The Kier molecular flexibility index (Phi) is 3.48. The summed E-state index contributed by atoms with van der Waals surface area (Å²) in [5.41, 5.74) is 0. The van der Waals surface area contributed by atoms with Crippen molar-refractivity contribution >= 4 is 6.03 Å². The molecule has 0 aromatic carbocycles. The lowest BCUT2D eigenvalue weighted by atomic mass is 10.1. The fourth-order valence-corrected chi connectivity index (χ4v) is 2.01. The molecule has 7 nitrogen and oxygen atoms in total. The molecule has 5 atom stereocenters. The monoisotopic (exact) mass is 250 g/mol. The molecule has 0 bridgehead atoms. The van der Waals surface area contributed by atoms with E-state index >= 15 is 0 Å². The van der Waals surface area contributed by atoms with Gasteiger partial charge >= 0.3 is 6.03 Å². The van der Waals surface area contributed by atoms with Crippen LogP contribution in [0.4, 0.5) is 9.18 Å². The van der Waals surface area contributed by atoms with Crippen LogP contribution in [-0.2, 0) is 4.74 Å². The maximum absolute atomic E-state index is 13.7. The van der Waals surface area contributed by atoms with Gasteiger partial charge in [0.05, 0.1) is 6.61 Å². The molecular weight excluding hydrogens is 235 g/mol. The number of carbonyl (C=O) groups excluding carboxylic acids is 1. The SMILES string of the molecule is O=C1N[C@@H](O)CCN1[C@@H]1O[C@H](CO)[C@@H](O)C1F.